The molecule has 23 heavy (non-hydrogen) atoms. The van der Waals surface area contributed by atoms with Crippen LogP contribution in [0.3, 0.4) is 0 Å². The molecule has 1 nitrogen and oxygen atoms in total. The quantitative estimate of drug-likeness (QED) is 0.561. The Morgan fingerprint density at radius 2 is 1.48 bits per heavy atom. The summed E-state index contributed by atoms with van der Waals surface area (Å²) in [7, 11) is 0. The number of hydrogen-bond acceptors (Lipinski definition) is 1. The van der Waals surface area contributed by atoms with Crippen LogP contribution in [0.2, 0.25) is 0 Å². The van der Waals surface area contributed by atoms with E-state index in [-0.39, 0.29) is 11.6 Å². The number of rotatable bonds is 2. The number of hydrogen-bond donors (Lipinski definition) is 1. The van der Waals surface area contributed by atoms with Crippen LogP contribution >= 0.6 is 31.9 Å². The molecule has 0 aliphatic heterocycles. The van der Waals surface area contributed by atoms with E-state index in [0.29, 0.717) is 11.1 Å². The molecule has 0 bridgehead atoms. The third kappa shape index (κ3) is 6.16. The molecule has 0 fully saturated rings. The van der Waals surface area contributed by atoms with Crippen molar-refractivity contribution in [3.8, 4) is 0 Å². The Morgan fingerprint density at radius 1 is 1.00 bits per heavy atom. The maximum atomic E-state index is 13.1. The maximum Gasteiger partial charge on any atom is 0.130 e. The first-order chi connectivity index (χ1) is 10.5. The van der Waals surface area contributed by atoms with E-state index in [1.165, 1.54) is 12.1 Å². The monoisotopic (exact) mass is 446 g/mol. The van der Waals surface area contributed by atoms with Crippen molar-refractivity contribution in [2.75, 3.05) is 0 Å². The minimum Gasteiger partial charge on any atom is -0.386 e. The topological polar surface area (TPSA) is 20.2 Å². The van der Waals surface area contributed by atoms with Crippen LogP contribution in [0.15, 0.2) is 51.9 Å². The fourth-order valence-corrected chi connectivity index (χ4v) is 2.51. The van der Waals surface area contributed by atoms with Gasteiger partial charge in [0.1, 0.15) is 11.6 Å². The number of aliphatic hydroxyl groups is 1. The van der Waals surface area contributed by atoms with Crippen molar-refractivity contribution in [1.29, 1.82) is 0 Å². The average molecular weight is 448 g/mol. The highest BCUT2D eigenvalue weighted by molar-refractivity contribution is 9.10. The van der Waals surface area contributed by atoms with Gasteiger partial charge in [0.15, 0.2) is 0 Å². The minimum absolute atomic E-state index is 0.222. The Kier molecular flexibility index (Phi) is 7.11. The van der Waals surface area contributed by atoms with Crippen molar-refractivity contribution in [1.82, 2.24) is 0 Å². The largest absolute Gasteiger partial charge is 0.386 e. The highest BCUT2D eigenvalue weighted by Gasteiger charge is 2.20. The normalized spacial score (nSPS) is 10.8. The molecule has 2 aromatic rings. The van der Waals surface area contributed by atoms with Crippen LogP contribution in [0.5, 0.6) is 0 Å². The van der Waals surface area contributed by atoms with Crippen LogP contribution in [0.4, 0.5) is 8.78 Å². The third-order valence-electron chi connectivity index (χ3n) is 2.98. The van der Waals surface area contributed by atoms with Gasteiger partial charge in [0.05, 0.1) is 5.60 Å². The standard InChI is InChI=1S/C9H10BrFO.C9H8BrF/c1-9(2,12)7-5-6(10)3-4-8(7)11;1-6(2)8-5-7(10)3-4-9(8)11/h3-5,12H,1-2H3;3-5H,1H2,2H3. The van der Waals surface area contributed by atoms with E-state index in [9.17, 15) is 13.9 Å². The van der Waals surface area contributed by atoms with Gasteiger partial charge < -0.3 is 5.11 Å². The number of benzene rings is 2. The second-order valence-electron chi connectivity index (χ2n) is 5.59. The molecule has 1 N–H and O–H groups in total. The van der Waals surface area contributed by atoms with Gasteiger partial charge in [0.2, 0.25) is 0 Å². The van der Waals surface area contributed by atoms with Gasteiger partial charge in [0, 0.05) is 20.1 Å². The second-order valence-corrected chi connectivity index (χ2v) is 7.42. The fraction of sp³-hybridized carbons (Fsp3) is 0.222. The zero-order chi connectivity index (χ0) is 17.8. The summed E-state index contributed by atoms with van der Waals surface area (Å²) in [5.41, 5.74) is 0.480. The molecular weight excluding hydrogens is 430 g/mol. The molecule has 2 rings (SSSR count). The molecule has 0 unspecified atom stereocenters. The smallest absolute Gasteiger partial charge is 0.130 e. The fourth-order valence-electron chi connectivity index (χ4n) is 1.79. The van der Waals surface area contributed by atoms with Gasteiger partial charge in [-0.3, -0.25) is 0 Å². The van der Waals surface area contributed by atoms with Crippen molar-refractivity contribution >= 4 is 37.4 Å². The summed E-state index contributed by atoms with van der Waals surface area (Å²) in [5.74, 6) is -0.605. The second kappa shape index (κ2) is 8.18. The molecule has 0 aromatic heterocycles. The Bertz CT molecular complexity index is 707. The molecule has 0 saturated heterocycles. The van der Waals surface area contributed by atoms with Crippen molar-refractivity contribution in [3.05, 3.63) is 74.7 Å². The van der Waals surface area contributed by atoms with Crippen LogP contribution in [0.1, 0.15) is 31.9 Å². The molecule has 124 valence electrons. The van der Waals surface area contributed by atoms with E-state index in [4.69, 9.17) is 0 Å². The minimum atomic E-state index is -1.13. The lowest BCUT2D eigenvalue weighted by Gasteiger charge is -2.18. The zero-order valence-electron chi connectivity index (χ0n) is 13.1. The summed E-state index contributed by atoms with van der Waals surface area (Å²) in [6.07, 6.45) is 0. The number of halogens is 4. The highest BCUT2D eigenvalue weighted by Crippen LogP contribution is 2.25. The molecule has 0 aliphatic rings. The molecule has 2 aromatic carbocycles. The molecule has 0 amide bonds. The summed E-state index contributed by atoms with van der Waals surface area (Å²) in [5, 5.41) is 9.53. The van der Waals surface area contributed by atoms with Crippen LogP contribution in [-0.4, -0.2) is 5.11 Å². The lowest BCUT2D eigenvalue weighted by atomic mass is 9.98. The van der Waals surface area contributed by atoms with E-state index < -0.39 is 5.60 Å². The van der Waals surface area contributed by atoms with E-state index >= 15 is 0 Å². The lowest BCUT2D eigenvalue weighted by molar-refractivity contribution is 0.0745. The zero-order valence-corrected chi connectivity index (χ0v) is 16.3. The Hall–Kier alpha value is -1.04. The summed E-state index contributed by atoms with van der Waals surface area (Å²) in [4.78, 5) is 0. The van der Waals surface area contributed by atoms with E-state index in [1.807, 2.05) is 0 Å². The van der Waals surface area contributed by atoms with Gasteiger partial charge in [-0.25, -0.2) is 8.78 Å². The van der Waals surface area contributed by atoms with Crippen LogP contribution in [-0.2, 0) is 5.60 Å². The maximum absolute atomic E-state index is 13.1. The van der Waals surface area contributed by atoms with Gasteiger partial charge in [0.25, 0.3) is 0 Å². The third-order valence-corrected chi connectivity index (χ3v) is 3.96. The van der Waals surface area contributed by atoms with Crippen molar-refractivity contribution in [2.24, 2.45) is 0 Å². The Balaban J connectivity index is 0.000000231. The van der Waals surface area contributed by atoms with Gasteiger partial charge >= 0.3 is 0 Å². The highest BCUT2D eigenvalue weighted by atomic mass is 79.9. The average Bonchev–Trinajstić information content (AvgIpc) is 2.43. The van der Waals surface area contributed by atoms with Crippen molar-refractivity contribution in [3.63, 3.8) is 0 Å². The van der Waals surface area contributed by atoms with E-state index in [1.54, 1.807) is 45.0 Å². The van der Waals surface area contributed by atoms with Gasteiger partial charge in [-0.2, -0.15) is 0 Å². The van der Waals surface area contributed by atoms with Crippen molar-refractivity contribution in [2.45, 2.75) is 26.4 Å². The van der Waals surface area contributed by atoms with Crippen LogP contribution in [0, 0.1) is 11.6 Å². The van der Waals surface area contributed by atoms with E-state index in [0.717, 1.165) is 14.5 Å². The van der Waals surface area contributed by atoms with Gasteiger partial charge in [-0.1, -0.05) is 38.4 Å². The summed E-state index contributed by atoms with van der Waals surface area (Å²) >= 11 is 6.47. The molecule has 0 radical (unpaired) electrons. The molecule has 0 aliphatic carbocycles. The first-order valence-corrected chi connectivity index (χ1v) is 8.40. The van der Waals surface area contributed by atoms with Crippen LogP contribution in [0.25, 0.3) is 5.57 Å². The predicted molar refractivity (Wildman–Crippen MR) is 98.2 cm³/mol. The Labute approximate surface area is 152 Å². The summed E-state index contributed by atoms with van der Waals surface area (Å²) in [6.45, 7) is 8.56. The number of allylic oxidation sites excluding steroid dienone is 1. The summed E-state index contributed by atoms with van der Waals surface area (Å²) < 4.78 is 27.7. The first kappa shape index (κ1) is 20.0. The lowest BCUT2D eigenvalue weighted by Crippen LogP contribution is -2.17. The molecule has 5 heteroatoms. The molecule has 0 spiro atoms. The summed E-state index contributed by atoms with van der Waals surface area (Å²) in [6, 6.07) is 9.32. The van der Waals surface area contributed by atoms with Gasteiger partial charge in [-0.05, 0) is 62.7 Å². The molecular formula is C18H18Br2F2O. The Morgan fingerprint density at radius 3 is 1.87 bits per heavy atom. The molecule has 0 heterocycles. The molecule has 0 atom stereocenters. The van der Waals surface area contributed by atoms with Crippen LogP contribution < -0.4 is 0 Å². The van der Waals surface area contributed by atoms with Crippen molar-refractivity contribution < 1.29 is 13.9 Å². The first-order valence-electron chi connectivity index (χ1n) is 6.81. The predicted octanol–water partition coefficient (Wildman–Crippen LogP) is 6.44. The van der Waals surface area contributed by atoms with E-state index in [2.05, 4.69) is 38.4 Å². The molecule has 0 saturated carbocycles. The van der Waals surface area contributed by atoms with Gasteiger partial charge in [-0.15, -0.1) is 0 Å². The SMILES string of the molecule is C=C(C)c1cc(Br)ccc1F.CC(C)(O)c1cc(Br)ccc1F.